The number of benzene rings is 1. The van der Waals surface area contributed by atoms with Gasteiger partial charge in [0.15, 0.2) is 0 Å². The Morgan fingerprint density at radius 1 is 0.800 bits per heavy atom. The van der Waals surface area contributed by atoms with Gasteiger partial charge in [0.05, 0.1) is 0 Å². The summed E-state index contributed by atoms with van der Waals surface area (Å²) in [5.41, 5.74) is 2.86. The second-order valence-corrected chi connectivity index (χ2v) is 5.35. The molecular formula is C18H28Li2. The molecule has 0 nitrogen and oxygen atoms in total. The summed E-state index contributed by atoms with van der Waals surface area (Å²) in [4.78, 5) is 0. The van der Waals surface area contributed by atoms with Crippen molar-refractivity contribution in [1.29, 1.82) is 0 Å². The van der Waals surface area contributed by atoms with Crippen LogP contribution in [0.25, 0.3) is 0 Å². The average Bonchev–Trinajstić information content (AvgIpc) is 2.42. The average molecular weight is 258 g/mol. The van der Waals surface area contributed by atoms with Crippen molar-refractivity contribution in [2.75, 3.05) is 0 Å². The zero-order valence-electron chi connectivity index (χ0n) is 14.6. The summed E-state index contributed by atoms with van der Waals surface area (Å²) in [5.74, 6) is 3.06. The molecule has 20 heavy (non-hydrogen) atoms. The van der Waals surface area contributed by atoms with Crippen LogP contribution in [0.3, 0.4) is 0 Å². The maximum absolute atomic E-state index is 2.37. The molecule has 0 unspecified atom stereocenters. The molecule has 0 aliphatic carbocycles. The Hall–Kier alpha value is 0.155. The van der Waals surface area contributed by atoms with Crippen molar-refractivity contribution in [3.63, 3.8) is 0 Å². The van der Waals surface area contributed by atoms with Gasteiger partial charge in [0, 0.05) is 0 Å². The smallest absolute Gasteiger partial charge is 0.191 e. The third kappa shape index (κ3) is 7.81. The molecule has 1 aromatic rings. The predicted octanol–water partition coefficient (Wildman–Crippen LogP) is -0.0400. The summed E-state index contributed by atoms with van der Waals surface area (Å²) in [6, 6.07) is 9.08. The molecule has 0 aliphatic rings. The molecular weight excluding hydrogens is 230 g/mol. The fourth-order valence-corrected chi connectivity index (χ4v) is 2.22. The Balaban J connectivity index is 0. The van der Waals surface area contributed by atoms with Gasteiger partial charge in [0.1, 0.15) is 0 Å². The second kappa shape index (κ2) is 12.9. The minimum Gasteiger partial charge on any atom is -0.191 e. The van der Waals surface area contributed by atoms with Crippen molar-refractivity contribution in [3.05, 3.63) is 47.2 Å². The Morgan fingerprint density at radius 3 is 1.55 bits per heavy atom. The van der Waals surface area contributed by atoms with Crippen LogP contribution in [-0.4, -0.2) is 0 Å². The third-order valence-corrected chi connectivity index (χ3v) is 3.66. The van der Waals surface area contributed by atoms with Crippen LogP contribution in [-0.2, 0) is 0 Å². The Kier molecular flexibility index (Phi) is 14.4. The van der Waals surface area contributed by atoms with Gasteiger partial charge in [-0.05, 0) is 0 Å². The molecule has 102 valence electrons. The standard InChI is InChI=1S/C18H28.2Li/c1-5-7-10-15(3)17-12-9-13-18(14-17)16(4)11-8-6-2;;/h9,12-14H,5-8,10-11H2,1-4H3;;/q-2;2*+1. The van der Waals surface area contributed by atoms with Crippen molar-refractivity contribution < 1.29 is 37.7 Å². The van der Waals surface area contributed by atoms with Crippen molar-refractivity contribution in [2.24, 2.45) is 0 Å². The normalized spacial score (nSPS) is 9.40. The first-order valence-electron chi connectivity index (χ1n) is 7.44. The molecule has 0 N–H and O–H groups in total. The van der Waals surface area contributed by atoms with E-state index < -0.39 is 0 Å². The van der Waals surface area contributed by atoms with Crippen LogP contribution >= 0.6 is 0 Å². The molecule has 2 heteroatoms. The van der Waals surface area contributed by atoms with Gasteiger partial charge in [-0.15, -0.1) is 0 Å². The van der Waals surface area contributed by atoms with Crippen LogP contribution in [0, 0.1) is 11.8 Å². The van der Waals surface area contributed by atoms with E-state index >= 15 is 0 Å². The number of rotatable bonds is 8. The van der Waals surface area contributed by atoms with E-state index in [0.29, 0.717) is 0 Å². The molecule has 0 heterocycles. The Morgan fingerprint density at radius 2 is 1.20 bits per heavy atom. The van der Waals surface area contributed by atoms with E-state index in [1.807, 2.05) is 0 Å². The predicted molar refractivity (Wildman–Crippen MR) is 81.5 cm³/mol. The van der Waals surface area contributed by atoms with Gasteiger partial charge in [-0.3, -0.25) is 0 Å². The molecule has 0 spiro atoms. The van der Waals surface area contributed by atoms with E-state index in [-0.39, 0.29) is 37.7 Å². The summed E-state index contributed by atoms with van der Waals surface area (Å²) in [7, 11) is 0. The zero-order chi connectivity index (χ0) is 13.4. The summed E-state index contributed by atoms with van der Waals surface area (Å²) in [5, 5.41) is 0. The third-order valence-electron chi connectivity index (χ3n) is 3.66. The Bertz CT molecular complexity index is 307. The van der Waals surface area contributed by atoms with Gasteiger partial charge in [-0.1, -0.05) is 66.2 Å². The van der Waals surface area contributed by atoms with Crippen LogP contribution in [0.15, 0.2) is 24.3 Å². The van der Waals surface area contributed by atoms with Gasteiger partial charge in [0.2, 0.25) is 0 Å². The molecule has 0 fully saturated rings. The van der Waals surface area contributed by atoms with Crippen molar-refractivity contribution in [1.82, 2.24) is 0 Å². The molecule has 0 saturated heterocycles. The quantitative estimate of drug-likeness (QED) is 0.453. The molecule has 1 rings (SSSR count). The van der Waals surface area contributed by atoms with Crippen LogP contribution in [0.5, 0.6) is 0 Å². The van der Waals surface area contributed by atoms with Crippen LogP contribution in [0.2, 0.25) is 0 Å². The van der Waals surface area contributed by atoms with Gasteiger partial charge in [0.25, 0.3) is 0 Å². The molecule has 0 aromatic heterocycles. The van der Waals surface area contributed by atoms with E-state index in [1.165, 1.54) is 61.5 Å². The molecule has 0 radical (unpaired) electrons. The van der Waals surface area contributed by atoms with Gasteiger partial charge in [-0.2, -0.15) is 47.2 Å². The van der Waals surface area contributed by atoms with Crippen molar-refractivity contribution >= 4 is 0 Å². The monoisotopic (exact) mass is 258 g/mol. The minimum atomic E-state index is 0. The molecule has 0 bridgehead atoms. The first-order valence-corrected chi connectivity index (χ1v) is 7.44. The first-order chi connectivity index (χ1) is 8.69. The van der Waals surface area contributed by atoms with Gasteiger partial charge >= 0.3 is 37.7 Å². The first kappa shape index (κ1) is 22.4. The summed E-state index contributed by atoms with van der Waals surface area (Å²) in [6.07, 6.45) is 7.61. The molecule has 0 aliphatic heterocycles. The number of hydrogen-bond acceptors (Lipinski definition) is 0. The van der Waals surface area contributed by atoms with E-state index in [9.17, 15) is 0 Å². The van der Waals surface area contributed by atoms with E-state index in [0.717, 1.165) is 0 Å². The van der Waals surface area contributed by atoms with Crippen molar-refractivity contribution in [2.45, 2.75) is 66.2 Å². The molecule has 0 amide bonds. The van der Waals surface area contributed by atoms with Crippen molar-refractivity contribution in [3.8, 4) is 0 Å². The van der Waals surface area contributed by atoms with E-state index in [2.05, 4.69) is 52.0 Å². The molecule has 0 atom stereocenters. The SMILES string of the molecule is CCCC[C-](C)c1cccc([C-](C)CCCC)c1.[Li+].[Li+]. The van der Waals surface area contributed by atoms with Crippen LogP contribution in [0.1, 0.15) is 77.3 Å². The van der Waals surface area contributed by atoms with Gasteiger partial charge < -0.3 is 0 Å². The zero-order valence-corrected chi connectivity index (χ0v) is 14.6. The summed E-state index contributed by atoms with van der Waals surface area (Å²) < 4.78 is 0. The number of unbranched alkanes of at least 4 members (excludes halogenated alkanes) is 2. The second-order valence-electron chi connectivity index (χ2n) is 5.35. The van der Waals surface area contributed by atoms with E-state index in [1.54, 1.807) is 0 Å². The van der Waals surface area contributed by atoms with Crippen LogP contribution < -0.4 is 37.7 Å². The fourth-order valence-electron chi connectivity index (χ4n) is 2.22. The maximum atomic E-state index is 2.37. The Labute approximate surface area is 150 Å². The molecule has 1 aromatic carbocycles. The largest absolute Gasteiger partial charge is 1.00 e. The van der Waals surface area contributed by atoms with Gasteiger partial charge in [-0.25, -0.2) is 0 Å². The summed E-state index contributed by atoms with van der Waals surface area (Å²) in [6.45, 7) is 9.06. The summed E-state index contributed by atoms with van der Waals surface area (Å²) >= 11 is 0. The van der Waals surface area contributed by atoms with E-state index in [4.69, 9.17) is 0 Å². The molecule has 0 saturated carbocycles. The number of hydrogen-bond donors (Lipinski definition) is 0. The topological polar surface area (TPSA) is 0 Å². The maximum Gasteiger partial charge on any atom is 1.00 e. The van der Waals surface area contributed by atoms with Crippen LogP contribution in [0.4, 0.5) is 0 Å². The minimum absolute atomic E-state index is 0. The fraction of sp³-hybridized carbons (Fsp3) is 0.556.